The largest absolute Gasteiger partial charge is 0.310 e. The van der Waals surface area contributed by atoms with Gasteiger partial charge in [0.15, 0.2) is 0 Å². The lowest BCUT2D eigenvalue weighted by Gasteiger charge is -2.27. The number of benzene rings is 7. The number of para-hydroxylation sites is 4. The van der Waals surface area contributed by atoms with Crippen molar-refractivity contribution in [1.82, 2.24) is 9.97 Å². The molecule has 0 aliphatic carbocycles. The predicted octanol–water partition coefficient (Wildman–Crippen LogP) is 13.3. The van der Waals surface area contributed by atoms with E-state index in [1.807, 2.05) is 36.4 Å². The van der Waals surface area contributed by atoms with E-state index < -0.39 is 0 Å². The third-order valence-corrected chi connectivity index (χ3v) is 10.2. The minimum atomic E-state index is 0.603. The molecule has 0 bridgehead atoms. The van der Waals surface area contributed by atoms with Crippen molar-refractivity contribution in [2.45, 2.75) is 0 Å². The molecule has 4 nitrogen and oxygen atoms in total. The molecule has 9 rings (SSSR count). The quantitative estimate of drug-likeness (QED) is 0.168. The highest BCUT2D eigenvalue weighted by atomic mass is 35.5. The normalized spacial score (nSPS) is 11.3. The molecular weight excluding hydrogens is 652 g/mol. The Bertz CT molecular complexity index is 2570. The lowest BCUT2D eigenvalue weighted by molar-refractivity contribution is 1.11. The maximum Gasteiger partial charge on any atom is 0.235 e. The van der Waals surface area contributed by atoms with Gasteiger partial charge in [-0.1, -0.05) is 115 Å². The van der Waals surface area contributed by atoms with Gasteiger partial charge in [0.25, 0.3) is 0 Å². The Hall–Kier alpha value is -6.01. The van der Waals surface area contributed by atoms with E-state index in [0.29, 0.717) is 11.0 Å². The van der Waals surface area contributed by atoms with Crippen LogP contribution in [0.2, 0.25) is 5.02 Å². The summed E-state index contributed by atoms with van der Waals surface area (Å²) in [6.07, 6.45) is 0. The monoisotopic (exact) mass is 680 g/mol. The van der Waals surface area contributed by atoms with Crippen molar-refractivity contribution >= 4 is 88.4 Å². The Kier molecular flexibility index (Phi) is 7.69. The molecule has 0 saturated heterocycles. The second-order valence-electron chi connectivity index (χ2n) is 12.0. The van der Waals surface area contributed by atoms with E-state index >= 15 is 0 Å². The number of fused-ring (bicyclic) bond motifs is 4. The molecule has 2 aromatic heterocycles. The average Bonchev–Trinajstić information content (AvgIpc) is 3.54. The zero-order valence-corrected chi connectivity index (χ0v) is 28.4. The third-order valence-electron chi connectivity index (χ3n) is 8.88. The lowest BCUT2D eigenvalue weighted by atomic mass is 10.1. The molecule has 0 fully saturated rings. The maximum atomic E-state index is 6.88. The van der Waals surface area contributed by atoms with E-state index in [9.17, 15) is 0 Å². The highest BCUT2D eigenvalue weighted by Gasteiger charge is 2.23. The molecule has 6 heteroatoms. The SMILES string of the molecule is Clc1cc(N(c2ccccc2)c2ccccc2)c2c(c1)sc1ccc(N(c3ccccc3)c3nc(-c4ccccc4)c4ccccc4n3)cc12. The van der Waals surface area contributed by atoms with Crippen molar-refractivity contribution in [2.24, 2.45) is 0 Å². The fourth-order valence-electron chi connectivity index (χ4n) is 6.67. The van der Waals surface area contributed by atoms with Crippen molar-refractivity contribution in [3.8, 4) is 11.3 Å². The summed E-state index contributed by atoms with van der Waals surface area (Å²) in [6.45, 7) is 0. The molecule has 0 atom stereocenters. The molecule has 0 aliphatic heterocycles. The summed E-state index contributed by atoms with van der Waals surface area (Å²) in [6, 6.07) is 60.6. The first-order valence-corrected chi connectivity index (χ1v) is 17.6. The van der Waals surface area contributed by atoms with E-state index in [-0.39, 0.29) is 0 Å². The van der Waals surface area contributed by atoms with Gasteiger partial charge in [-0.25, -0.2) is 9.97 Å². The number of rotatable bonds is 7. The standard InChI is InChI=1S/C44H29ClN4S/c45-31-27-39(48(32-17-7-2-8-18-32)33-19-9-3-10-20-33)42-37-29-35(25-26-40(37)50-41(42)28-31)49(34-21-11-4-12-22-34)44-46-38-24-14-13-23-36(38)43(47-44)30-15-5-1-6-16-30/h1-29H. The number of halogens is 1. The Morgan fingerprint density at radius 1 is 0.460 bits per heavy atom. The van der Waals surface area contributed by atoms with Crippen molar-refractivity contribution in [3.63, 3.8) is 0 Å². The molecular formula is C44H29ClN4S. The molecule has 0 amide bonds. The van der Waals surface area contributed by atoms with Gasteiger partial charge in [0.1, 0.15) is 0 Å². The average molecular weight is 681 g/mol. The van der Waals surface area contributed by atoms with Crippen LogP contribution in [-0.4, -0.2) is 9.97 Å². The molecule has 0 radical (unpaired) electrons. The van der Waals surface area contributed by atoms with Crippen LogP contribution in [0, 0.1) is 0 Å². The smallest absolute Gasteiger partial charge is 0.235 e. The fourth-order valence-corrected chi connectivity index (χ4v) is 8.10. The molecule has 0 unspecified atom stereocenters. The van der Waals surface area contributed by atoms with Gasteiger partial charge in [0.2, 0.25) is 5.95 Å². The van der Waals surface area contributed by atoms with Gasteiger partial charge in [0.05, 0.1) is 16.9 Å². The number of anilines is 6. The predicted molar refractivity (Wildman–Crippen MR) is 212 cm³/mol. The summed E-state index contributed by atoms with van der Waals surface area (Å²) in [4.78, 5) is 14.9. The highest BCUT2D eigenvalue weighted by Crippen LogP contribution is 2.48. The van der Waals surface area contributed by atoms with E-state index in [0.717, 1.165) is 66.1 Å². The van der Waals surface area contributed by atoms with Gasteiger partial charge in [-0.05, 0) is 72.8 Å². The van der Waals surface area contributed by atoms with Crippen LogP contribution in [0.1, 0.15) is 0 Å². The van der Waals surface area contributed by atoms with Crippen LogP contribution in [0.4, 0.5) is 34.4 Å². The minimum absolute atomic E-state index is 0.603. The first-order valence-electron chi connectivity index (χ1n) is 16.4. The first kappa shape index (κ1) is 30.1. The van der Waals surface area contributed by atoms with E-state index in [1.165, 1.54) is 4.70 Å². The maximum absolute atomic E-state index is 6.88. The second-order valence-corrected chi connectivity index (χ2v) is 13.5. The summed E-state index contributed by atoms with van der Waals surface area (Å²) in [5, 5.41) is 3.98. The zero-order chi connectivity index (χ0) is 33.4. The van der Waals surface area contributed by atoms with Gasteiger partial charge in [-0.15, -0.1) is 11.3 Å². The van der Waals surface area contributed by atoms with Crippen LogP contribution in [0.3, 0.4) is 0 Å². The van der Waals surface area contributed by atoms with Crippen molar-refractivity contribution < 1.29 is 0 Å². The van der Waals surface area contributed by atoms with Gasteiger partial charge >= 0.3 is 0 Å². The Morgan fingerprint density at radius 3 is 1.70 bits per heavy atom. The Labute approximate surface area is 299 Å². The molecule has 9 aromatic rings. The zero-order valence-electron chi connectivity index (χ0n) is 26.8. The van der Waals surface area contributed by atoms with Crippen LogP contribution in [-0.2, 0) is 0 Å². The Balaban J connectivity index is 1.30. The van der Waals surface area contributed by atoms with Crippen LogP contribution < -0.4 is 9.80 Å². The number of aromatic nitrogens is 2. The summed E-state index contributed by atoms with van der Waals surface area (Å²) >= 11 is 8.63. The summed E-state index contributed by atoms with van der Waals surface area (Å²) in [5.74, 6) is 0.603. The second kappa shape index (κ2) is 12.8. The van der Waals surface area contributed by atoms with Gasteiger partial charge < -0.3 is 4.90 Å². The van der Waals surface area contributed by atoms with Crippen LogP contribution >= 0.6 is 22.9 Å². The number of thiophene rings is 1. The Morgan fingerprint density at radius 2 is 1.04 bits per heavy atom. The minimum Gasteiger partial charge on any atom is -0.310 e. The number of hydrogen-bond acceptors (Lipinski definition) is 5. The summed E-state index contributed by atoms with van der Waals surface area (Å²) in [7, 11) is 0. The molecule has 238 valence electrons. The highest BCUT2D eigenvalue weighted by molar-refractivity contribution is 7.26. The molecule has 2 heterocycles. The number of nitrogens with zero attached hydrogens (tertiary/aromatic N) is 4. The van der Waals surface area contributed by atoms with Crippen molar-refractivity contribution in [1.29, 1.82) is 0 Å². The lowest BCUT2D eigenvalue weighted by Crippen LogP contribution is -2.14. The fraction of sp³-hybridized carbons (Fsp3) is 0. The van der Waals surface area contributed by atoms with Gasteiger partial charge in [-0.2, -0.15) is 0 Å². The topological polar surface area (TPSA) is 32.3 Å². The van der Waals surface area contributed by atoms with E-state index in [1.54, 1.807) is 11.3 Å². The summed E-state index contributed by atoms with van der Waals surface area (Å²) in [5.41, 5.74) is 7.90. The number of hydrogen-bond donors (Lipinski definition) is 0. The molecule has 0 spiro atoms. The molecule has 0 saturated carbocycles. The molecule has 7 aromatic carbocycles. The van der Waals surface area contributed by atoms with E-state index in [4.69, 9.17) is 21.6 Å². The third kappa shape index (κ3) is 5.43. The van der Waals surface area contributed by atoms with Gasteiger partial charge in [0, 0.05) is 58.9 Å². The first-order chi connectivity index (χ1) is 24.7. The van der Waals surface area contributed by atoms with Gasteiger partial charge in [-0.3, -0.25) is 4.90 Å². The molecule has 50 heavy (non-hydrogen) atoms. The van der Waals surface area contributed by atoms with Crippen LogP contribution in [0.15, 0.2) is 176 Å². The molecule has 0 N–H and O–H groups in total. The van der Waals surface area contributed by atoms with Crippen LogP contribution in [0.5, 0.6) is 0 Å². The molecule has 0 aliphatic rings. The van der Waals surface area contributed by atoms with Crippen molar-refractivity contribution in [2.75, 3.05) is 9.80 Å². The summed E-state index contributed by atoms with van der Waals surface area (Å²) < 4.78 is 2.29. The van der Waals surface area contributed by atoms with Crippen LogP contribution in [0.25, 0.3) is 42.3 Å². The van der Waals surface area contributed by atoms with Crippen molar-refractivity contribution in [3.05, 3.63) is 181 Å². The van der Waals surface area contributed by atoms with E-state index in [2.05, 4.69) is 149 Å².